The number of primary amides is 1. The summed E-state index contributed by atoms with van der Waals surface area (Å²) in [6.07, 6.45) is 0.882. The summed E-state index contributed by atoms with van der Waals surface area (Å²) >= 11 is 0. The van der Waals surface area contributed by atoms with E-state index in [0.29, 0.717) is 18.8 Å². The molecule has 150 valence electrons. The lowest BCUT2D eigenvalue weighted by Gasteiger charge is -2.32. The van der Waals surface area contributed by atoms with E-state index >= 15 is 0 Å². The van der Waals surface area contributed by atoms with E-state index < -0.39 is 5.91 Å². The average molecular weight is 386 g/mol. The van der Waals surface area contributed by atoms with Gasteiger partial charge in [-0.2, -0.15) is 0 Å². The van der Waals surface area contributed by atoms with E-state index in [0.717, 1.165) is 37.0 Å². The number of carbonyl (C=O) groups is 1. The fourth-order valence-electron chi connectivity index (χ4n) is 3.24. The normalized spacial score (nSPS) is 13.8. The highest BCUT2D eigenvalue weighted by atomic mass is 16.5. The van der Waals surface area contributed by atoms with Crippen molar-refractivity contribution < 1.29 is 18.7 Å². The van der Waals surface area contributed by atoms with E-state index in [2.05, 4.69) is 15.2 Å². The van der Waals surface area contributed by atoms with Crippen molar-refractivity contribution in [2.24, 2.45) is 10.7 Å². The fraction of sp³-hybridized carbons (Fsp3) is 0.400. The van der Waals surface area contributed by atoms with Crippen LogP contribution in [0.5, 0.6) is 11.5 Å². The summed E-state index contributed by atoms with van der Waals surface area (Å²) < 4.78 is 16.3. The van der Waals surface area contributed by atoms with E-state index in [1.165, 1.54) is 11.1 Å². The van der Waals surface area contributed by atoms with Gasteiger partial charge >= 0.3 is 0 Å². The molecule has 0 spiro atoms. The number of rotatable bonds is 6. The molecule has 8 nitrogen and oxygen atoms in total. The Bertz CT molecular complexity index is 875. The first-order valence-electron chi connectivity index (χ1n) is 9.21. The highest BCUT2D eigenvalue weighted by Crippen LogP contribution is 2.33. The van der Waals surface area contributed by atoms with Crippen LogP contribution >= 0.6 is 0 Å². The van der Waals surface area contributed by atoms with Gasteiger partial charge in [0, 0.05) is 19.6 Å². The maximum atomic E-state index is 11.2. The number of nitrogens with one attached hydrogen (secondary N) is 1. The number of fused-ring (bicyclic) bond motifs is 1. The molecule has 0 unspecified atom stereocenters. The number of hydrogen-bond acceptors (Lipinski definition) is 5. The largest absolute Gasteiger partial charge is 0.493 e. The number of benzene rings is 1. The molecule has 1 aromatic carbocycles. The monoisotopic (exact) mass is 386 g/mol. The molecule has 8 heteroatoms. The molecule has 0 atom stereocenters. The lowest BCUT2D eigenvalue weighted by atomic mass is 9.99. The maximum absolute atomic E-state index is 11.2. The summed E-state index contributed by atoms with van der Waals surface area (Å²) in [4.78, 5) is 18.0. The molecule has 0 saturated heterocycles. The predicted molar refractivity (Wildman–Crippen MR) is 106 cm³/mol. The molecule has 28 heavy (non-hydrogen) atoms. The van der Waals surface area contributed by atoms with Gasteiger partial charge in [-0.3, -0.25) is 4.79 Å². The first-order chi connectivity index (χ1) is 13.5. The van der Waals surface area contributed by atoms with Crippen LogP contribution in [0.1, 0.15) is 34.4 Å². The zero-order valence-electron chi connectivity index (χ0n) is 16.4. The van der Waals surface area contributed by atoms with E-state index in [1.54, 1.807) is 26.4 Å². The number of aliphatic imine (C=N–C) groups is 1. The first-order valence-corrected chi connectivity index (χ1v) is 9.21. The predicted octanol–water partition coefficient (Wildman–Crippen LogP) is 1.92. The minimum Gasteiger partial charge on any atom is -0.493 e. The van der Waals surface area contributed by atoms with Crippen molar-refractivity contribution in [1.82, 2.24) is 10.2 Å². The average Bonchev–Trinajstić information content (AvgIpc) is 3.19. The van der Waals surface area contributed by atoms with Crippen molar-refractivity contribution in [2.45, 2.75) is 26.4 Å². The van der Waals surface area contributed by atoms with Crippen molar-refractivity contribution in [2.75, 3.05) is 27.3 Å². The Morgan fingerprint density at radius 1 is 1.25 bits per heavy atom. The Labute approximate surface area is 164 Å². The Morgan fingerprint density at radius 3 is 2.57 bits per heavy atom. The Hall–Kier alpha value is -3.16. The molecule has 1 aliphatic rings. The molecule has 2 heterocycles. The number of ether oxygens (including phenoxy) is 2. The molecule has 3 N–H and O–H groups in total. The highest BCUT2D eigenvalue weighted by Gasteiger charge is 2.21. The number of amides is 1. The number of hydrogen-bond donors (Lipinski definition) is 2. The molecule has 0 aliphatic carbocycles. The number of carbonyl (C=O) groups excluding carboxylic acids is 1. The van der Waals surface area contributed by atoms with Crippen molar-refractivity contribution in [3.63, 3.8) is 0 Å². The van der Waals surface area contributed by atoms with Crippen LogP contribution < -0.4 is 20.5 Å². The van der Waals surface area contributed by atoms with Crippen LogP contribution in [0, 0.1) is 0 Å². The molecular formula is C20H26N4O4. The summed E-state index contributed by atoms with van der Waals surface area (Å²) in [5.41, 5.74) is 7.66. The number of nitrogens with zero attached hydrogens (tertiary/aromatic N) is 2. The van der Waals surface area contributed by atoms with E-state index in [4.69, 9.17) is 19.6 Å². The molecular weight excluding hydrogens is 360 g/mol. The van der Waals surface area contributed by atoms with E-state index in [1.807, 2.05) is 19.1 Å². The van der Waals surface area contributed by atoms with Gasteiger partial charge < -0.3 is 29.8 Å². The molecule has 3 rings (SSSR count). The van der Waals surface area contributed by atoms with Gasteiger partial charge in [-0.1, -0.05) is 0 Å². The lowest BCUT2D eigenvalue weighted by Crippen LogP contribution is -2.44. The third kappa shape index (κ3) is 4.21. The van der Waals surface area contributed by atoms with Gasteiger partial charge in [-0.05, 0) is 48.7 Å². The molecule has 1 aliphatic heterocycles. The number of nitrogens with two attached hydrogens (primary N) is 1. The van der Waals surface area contributed by atoms with Crippen LogP contribution in [0.15, 0.2) is 33.7 Å². The molecule has 0 bridgehead atoms. The smallest absolute Gasteiger partial charge is 0.284 e. The van der Waals surface area contributed by atoms with E-state index in [9.17, 15) is 4.79 Å². The van der Waals surface area contributed by atoms with Gasteiger partial charge in [0.25, 0.3) is 5.91 Å². The molecule has 1 aromatic heterocycles. The van der Waals surface area contributed by atoms with Gasteiger partial charge in [-0.25, -0.2) is 4.99 Å². The number of furan rings is 1. The number of methoxy groups -OCH3 is 2. The molecule has 1 amide bonds. The molecule has 0 saturated carbocycles. The Balaban J connectivity index is 1.78. The third-order valence-corrected chi connectivity index (χ3v) is 4.64. The summed E-state index contributed by atoms with van der Waals surface area (Å²) in [5.74, 6) is 2.41. The summed E-state index contributed by atoms with van der Waals surface area (Å²) in [6, 6.07) is 7.35. The van der Waals surface area contributed by atoms with Crippen molar-refractivity contribution in [3.05, 3.63) is 46.9 Å². The standard InChI is InChI=1S/C20H26N4O4/c1-4-22-20(23-11-15-5-6-16(28-15)19(21)25)24-8-7-13-9-17(26-2)18(27-3)10-14(13)12-24/h5-6,9-10H,4,7-8,11-12H2,1-3H3,(H2,21,25)(H,22,23). The Morgan fingerprint density at radius 2 is 1.96 bits per heavy atom. The van der Waals surface area contributed by atoms with Crippen molar-refractivity contribution >= 4 is 11.9 Å². The van der Waals surface area contributed by atoms with Crippen LogP contribution in [0.25, 0.3) is 0 Å². The van der Waals surface area contributed by atoms with Gasteiger partial charge in [-0.15, -0.1) is 0 Å². The minimum absolute atomic E-state index is 0.142. The highest BCUT2D eigenvalue weighted by molar-refractivity contribution is 5.89. The van der Waals surface area contributed by atoms with Crippen molar-refractivity contribution in [3.8, 4) is 11.5 Å². The topological polar surface area (TPSA) is 102 Å². The van der Waals surface area contributed by atoms with Crippen LogP contribution in [-0.2, 0) is 19.5 Å². The van der Waals surface area contributed by atoms with Crippen molar-refractivity contribution in [1.29, 1.82) is 0 Å². The summed E-state index contributed by atoms with van der Waals surface area (Å²) in [5, 5.41) is 3.32. The quantitative estimate of drug-likeness (QED) is 0.581. The summed E-state index contributed by atoms with van der Waals surface area (Å²) in [7, 11) is 3.29. The lowest BCUT2D eigenvalue weighted by molar-refractivity contribution is 0.0972. The van der Waals surface area contributed by atoms with Gasteiger partial charge in [0.15, 0.2) is 23.2 Å². The zero-order chi connectivity index (χ0) is 20.1. The second-order valence-corrected chi connectivity index (χ2v) is 6.45. The zero-order valence-corrected chi connectivity index (χ0v) is 16.4. The van der Waals surface area contributed by atoms with Gasteiger partial charge in [0.1, 0.15) is 12.3 Å². The molecule has 0 fully saturated rings. The maximum Gasteiger partial charge on any atom is 0.284 e. The van der Waals surface area contributed by atoms with Crippen LogP contribution in [0.4, 0.5) is 0 Å². The SMILES string of the molecule is CCNC(=NCc1ccc(C(N)=O)o1)N1CCc2cc(OC)c(OC)cc2C1. The second-order valence-electron chi connectivity index (χ2n) is 6.45. The number of guanidine groups is 1. The minimum atomic E-state index is -0.584. The van der Waals surface area contributed by atoms with E-state index in [-0.39, 0.29) is 5.76 Å². The van der Waals surface area contributed by atoms with Crippen LogP contribution in [0.3, 0.4) is 0 Å². The summed E-state index contributed by atoms with van der Waals surface area (Å²) in [6.45, 7) is 4.65. The van der Waals surface area contributed by atoms with Crippen LogP contribution in [-0.4, -0.2) is 44.1 Å². The van der Waals surface area contributed by atoms with Crippen LogP contribution in [0.2, 0.25) is 0 Å². The first kappa shape index (κ1) is 19.6. The molecule has 0 radical (unpaired) electrons. The van der Waals surface area contributed by atoms with Gasteiger partial charge in [0.05, 0.1) is 14.2 Å². The fourth-order valence-corrected chi connectivity index (χ4v) is 3.24. The van der Waals surface area contributed by atoms with Gasteiger partial charge in [0.2, 0.25) is 0 Å². The second kappa shape index (κ2) is 8.69. The third-order valence-electron chi connectivity index (χ3n) is 4.64. The Kier molecular flexibility index (Phi) is 6.08. The molecule has 2 aromatic rings.